The number of hydrogen-bond acceptors (Lipinski definition) is 6. The molecule has 0 aliphatic heterocycles. The zero-order valence-electron chi connectivity index (χ0n) is 15.7. The lowest BCUT2D eigenvalue weighted by atomic mass is 9.58. The molecule has 1 aliphatic carbocycles. The number of methoxy groups -OCH3 is 1. The second-order valence-corrected chi connectivity index (χ2v) is 8.97. The zero-order chi connectivity index (χ0) is 19.2. The van der Waals surface area contributed by atoms with E-state index in [2.05, 4.69) is 15.2 Å². The largest absolute Gasteiger partial charge is 0.380 e. The molecule has 9 heteroatoms. The minimum absolute atomic E-state index is 0.0241. The van der Waals surface area contributed by atoms with Crippen LogP contribution in [0.15, 0.2) is 9.42 Å². The SMILES string of the molecule is CO[C@@H]1[C@@H](C)[C@H](NC(=O)[C@H](C)NS(=O)(=O)c2c(C)noc2C)C1(C)C. The number of carbonyl (C=O) groups is 1. The molecule has 1 aliphatic rings. The van der Waals surface area contributed by atoms with E-state index in [-0.39, 0.29) is 45.7 Å². The summed E-state index contributed by atoms with van der Waals surface area (Å²) in [5, 5.41) is 6.58. The summed E-state index contributed by atoms with van der Waals surface area (Å²) in [5.41, 5.74) is 0.0404. The van der Waals surface area contributed by atoms with Gasteiger partial charge in [-0.05, 0) is 20.8 Å². The summed E-state index contributed by atoms with van der Waals surface area (Å²) in [5.74, 6) is -0.0422. The molecule has 1 amide bonds. The van der Waals surface area contributed by atoms with Gasteiger partial charge in [-0.1, -0.05) is 25.9 Å². The quantitative estimate of drug-likeness (QED) is 0.773. The molecule has 1 fully saturated rings. The van der Waals surface area contributed by atoms with E-state index in [4.69, 9.17) is 9.26 Å². The van der Waals surface area contributed by atoms with E-state index in [9.17, 15) is 13.2 Å². The monoisotopic (exact) mass is 373 g/mol. The molecule has 1 aromatic rings. The van der Waals surface area contributed by atoms with Gasteiger partial charge in [0.05, 0.1) is 12.1 Å². The highest BCUT2D eigenvalue weighted by molar-refractivity contribution is 7.89. The number of carbonyl (C=O) groups excluding carboxylic acids is 1. The summed E-state index contributed by atoms with van der Waals surface area (Å²) in [7, 11) is -2.24. The number of amides is 1. The van der Waals surface area contributed by atoms with E-state index >= 15 is 0 Å². The van der Waals surface area contributed by atoms with Crippen LogP contribution in [-0.4, -0.2) is 44.8 Å². The maximum absolute atomic E-state index is 12.5. The van der Waals surface area contributed by atoms with Gasteiger partial charge < -0.3 is 14.6 Å². The molecule has 1 heterocycles. The lowest BCUT2D eigenvalue weighted by molar-refractivity contribution is -0.155. The summed E-state index contributed by atoms with van der Waals surface area (Å²) in [6.07, 6.45) is 0.0482. The van der Waals surface area contributed by atoms with E-state index in [0.29, 0.717) is 0 Å². The summed E-state index contributed by atoms with van der Waals surface area (Å²) < 4.78 is 37.7. The third-order valence-corrected chi connectivity index (χ3v) is 6.84. The molecule has 0 bridgehead atoms. The second kappa shape index (κ2) is 6.69. The van der Waals surface area contributed by atoms with Crippen molar-refractivity contribution < 1.29 is 22.5 Å². The Bertz CT molecular complexity index is 736. The molecule has 2 N–H and O–H groups in total. The average Bonchev–Trinajstić information content (AvgIpc) is 2.83. The number of ether oxygens (including phenoxy) is 1. The third-order valence-electron chi connectivity index (χ3n) is 5.05. The van der Waals surface area contributed by atoms with Gasteiger partial charge in [0.1, 0.15) is 10.6 Å². The molecule has 8 nitrogen and oxygen atoms in total. The Balaban J connectivity index is 2.07. The molecule has 1 saturated carbocycles. The second-order valence-electron chi connectivity index (χ2n) is 7.32. The Kier molecular flexibility index (Phi) is 5.32. The number of nitrogens with zero attached hydrogens (tertiary/aromatic N) is 1. The Hall–Kier alpha value is -1.45. The molecule has 1 aromatic heterocycles. The third kappa shape index (κ3) is 3.45. The molecule has 0 aromatic carbocycles. The average molecular weight is 373 g/mol. The highest BCUT2D eigenvalue weighted by Gasteiger charge is 2.55. The van der Waals surface area contributed by atoms with E-state index in [1.165, 1.54) is 13.8 Å². The van der Waals surface area contributed by atoms with Gasteiger partial charge in [0.25, 0.3) is 0 Å². The predicted octanol–water partition coefficient (Wildman–Crippen LogP) is 1.13. The van der Waals surface area contributed by atoms with Crippen molar-refractivity contribution >= 4 is 15.9 Å². The number of hydrogen-bond donors (Lipinski definition) is 2. The first-order valence-corrected chi connectivity index (χ1v) is 9.70. The van der Waals surface area contributed by atoms with Crippen LogP contribution >= 0.6 is 0 Å². The van der Waals surface area contributed by atoms with Crippen LogP contribution in [0, 0.1) is 25.2 Å². The van der Waals surface area contributed by atoms with Crippen LogP contribution in [0.1, 0.15) is 39.1 Å². The highest BCUT2D eigenvalue weighted by Crippen LogP contribution is 2.46. The molecule has 25 heavy (non-hydrogen) atoms. The number of rotatable bonds is 6. The van der Waals surface area contributed by atoms with Crippen LogP contribution < -0.4 is 10.0 Å². The molecular weight excluding hydrogens is 346 g/mol. The summed E-state index contributed by atoms with van der Waals surface area (Å²) in [6, 6.07) is -1.01. The van der Waals surface area contributed by atoms with Gasteiger partial charge in [0.2, 0.25) is 15.9 Å². The maximum atomic E-state index is 12.5. The van der Waals surface area contributed by atoms with Gasteiger partial charge in [-0.25, -0.2) is 8.42 Å². The molecule has 0 saturated heterocycles. The molecule has 0 unspecified atom stereocenters. The number of sulfonamides is 1. The van der Waals surface area contributed by atoms with E-state index in [1.807, 2.05) is 20.8 Å². The maximum Gasteiger partial charge on any atom is 0.246 e. The lowest BCUT2D eigenvalue weighted by Crippen LogP contribution is -2.69. The van der Waals surface area contributed by atoms with Crippen LogP contribution in [0.5, 0.6) is 0 Å². The Morgan fingerprint density at radius 3 is 2.40 bits per heavy atom. The van der Waals surface area contributed by atoms with Crippen molar-refractivity contribution in [2.24, 2.45) is 11.3 Å². The van der Waals surface area contributed by atoms with Gasteiger partial charge >= 0.3 is 0 Å². The number of aryl methyl sites for hydroxylation is 2. The van der Waals surface area contributed by atoms with Gasteiger partial charge in [-0.2, -0.15) is 4.72 Å². The smallest absolute Gasteiger partial charge is 0.246 e. The first-order chi connectivity index (χ1) is 11.4. The topological polar surface area (TPSA) is 111 Å². The van der Waals surface area contributed by atoms with Crippen molar-refractivity contribution in [1.29, 1.82) is 0 Å². The van der Waals surface area contributed by atoms with Crippen LogP contribution in [0.2, 0.25) is 0 Å². The van der Waals surface area contributed by atoms with Gasteiger partial charge in [0.15, 0.2) is 5.76 Å². The molecule has 0 spiro atoms. The fourth-order valence-electron chi connectivity index (χ4n) is 3.91. The Morgan fingerprint density at radius 2 is 1.96 bits per heavy atom. The molecule has 0 radical (unpaired) electrons. The Morgan fingerprint density at radius 1 is 1.36 bits per heavy atom. The van der Waals surface area contributed by atoms with Gasteiger partial charge in [0, 0.05) is 24.5 Å². The lowest BCUT2D eigenvalue weighted by Gasteiger charge is -2.56. The first kappa shape index (κ1) is 19.9. The van der Waals surface area contributed by atoms with Crippen molar-refractivity contribution in [2.75, 3.05) is 7.11 Å². The summed E-state index contributed by atoms with van der Waals surface area (Å²) >= 11 is 0. The van der Waals surface area contributed by atoms with E-state index in [1.54, 1.807) is 14.0 Å². The zero-order valence-corrected chi connectivity index (χ0v) is 16.5. The summed E-state index contributed by atoms with van der Waals surface area (Å²) in [6.45, 7) is 10.6. The minimum atomic E-state index is -3.90. The highest BCUT2D eigenvalue weighted by atomic mass is 32.2. The van der Waals surface area contributed by atoms with E-state index in [0.717, 1.165) is 0 Å². The molecule has 142 valence electrons. The van der Waals surface area contributed by atoms with Crippen LogP contribution in [0.3, 0.4) is 0 Å². The van der Waals surface area contributed by atoms with E-state index < -0.39 is 16.1 Å². The molecule has 2 rings (SSSR count). The first-order valence-electron chi connectivity index (χ1n) is 8.21. The number of nitrogens with one attached hydrogen (secondary N) is 2. The van der Waals surface area contributed by atoms with Crippen LogP contribution in [0.25, 0.3) is 0 Å². The van der Waals surface area contributed by atoms with Crippen molar-refractivity contribution in [3.63, 3.8) is 0 Å². The fraction of sp³-hybridized carbons (Fsp3) is 0.750. The minimum Gasteiger partial charge on any atom is -0.380 e. The van der Waals surface area contributed by atoms with Gasteiger partial charge in [-0.3, -0.25) is 4.79 Å². The number of aromatic nitrogens is 1. The van der Waals surface area contributed by atoms with Gasteiger partial charge in [-0.15, -0.1) is 0 Å². The van der Waals surface area contributed by atoms with Crippen molar-refractivity contribution in [3.8, 4) is 0 Å². The molecule has 4 atom stereocenters. The van der Waals surface area contributed by atoms with Crippen molar-refractivity contribution in [1.82, 2.24) is 15.2 Å². The fourth-order valence-corrected chi connectivity index (χ4v) is 5.44. The van der Waals surface area contributed by atoms with Crippen LogP contribution in [0.4, 0.5) is 0 Å². The normalized spacial score (nSPS) is 26.8. The standard InChI is InChI=1S/C16H27N3O5S/c1-8-13(16(5,6)14(8)23-7)17-15(20)10(3)19-25(21,22)12-9(2)18-24-11(12)4/h8,10,13-14,19H,1-7H3,(H,17,20)/t8-,10-,13-,14+/m0/s1. The summed E-state index contributed by atoms with van der Waals surface area (Å²) in [4.78, 5) is 12.4. The predicted molar refractivity (Wildman–Crippen MR) is 91.4 cm³/mol. The van der Waals surface area contributed by atoms with Crippen LogP contribution in [-0.2, 0) is 19.6 Å². The molecular formula is C16H27N3O5S. The Labute approximate surface area is 148 Å². The van der Waals surface area contributed by atoms with Crippen molar-refractivity contribution in [2.45, 2.75) is 64.6 Å². The van der Waals surface area contributed by atoms with Crippen molar-refractivity contribution in [3.05, 3.63) is 11.5 Å².